The first kappa shape index (κ1) is 15.0. The number of halogens is 1. The van der Waals surface area contributed by atoms with Crippen LogP contribution < -0.4 is 4.90 Å². The Bertz CT molecular complexity index is 675. The van der Waals surface area contributed by atoms with Crippen molar-refractivity contribution in [1.82, 2.24) is 9.88 Å². The molecule has 0 aliphatic carbocycles. The fourth-order valence-corrected chi connectivity index (χ4v) is 3.51. The number of hydrogen-bond acceptors (Lipinski definition) is 4. The predicted molar refractivity (Wildman–Crippen MR) is 86.1 cm³/mol. The van der Waals surface area contributed by atoms with Gasteiger partial charge in [0.1, 0.15) is 11.5 Å². The van der Waals surface area contributed by atoms with Crippen LogP contribution in [0.2, 0.25) is 0 Å². The molecule has 116 valence electrons. The second-order valence-corrected chi connectivity index (χ2v) is 6.80. The van der Waals surface area contributed by atoms with Crippen molar-refractivity contribution in [3.05, 3.63) is 45.7 Å². The maximum absolute atomic E-state index is 13.0. The fraction of sp³-hybridized carbons (Fsp3) is 0.375. The molecule has 0 bridgehead atoms. The molecule has 6 heteroatoms. The van der Waals surface area contributed by atoms with Gasteiger partial charge in [0.05, 0.1) is 5.01 Å². The van der Waals surface area contributed by atoms with Crippen LogP contribution in [-0.2, 0) is 0 Å². The average molecular weight is 319 g/mol. The van der Waals surface area contributed by atoms with Crippen LogP contribution in [0, 0.1) is 19.7 Å². The number of aromatic nitrogens is 1. The van der Waals surface area contributed by atoms with Crippen molar-refractivity contribution in [3.8, 4) is 0 Å². The number of amides is 1. The molecule has 1 aromatic carbocycles. The lowest BCUT2D eigenvalue weighted by Gasteiger charge is -2.36. The lowest BCUT2D eigenvalue weighted by atomic mass is 10.2. The Morgan fingerprint density at radius 2 is 1.77 bits per heavy atom. The van der Waals surface area contributed by atoms with E-state index in [1.807, 2.05) is 18.7 Å². The van der Waals surface area contributed by atoms with E-state index in [2.05, 4.69) is 9.88 Å². The summed E-state index contributed by atoms with van der Waals surface area (Å²) in [7, 11) is 0. The lowest BCUT2D eigenvalue weighted by Crippen LogP contribution is -2.49. The number of hydrogen-bond donors (Lipinski definition) is 0. The second-order valence-electron chi connectivity index (χ2n) is 5.39. The van der Waals surface area contributed by atoms with Crippen molar-refractivity contribution >= 4 is 22.9 Å². The number of carbonyl (C=O) groups is 1. The van der Waals surface area contributed by atoms with E-state index in [1.165, 1.54) is 12.1 Å². The Morgan fingerprint density at radius 3 is 2.32 bits per heavy atom. The largest absolute Gasteiger partial charge is 0.368 e. The summed E-state index contributed by atoms with van der Waals surface area (Å²) in [6, 6.07) is 6.49. The number of carbonyl (C=O) groups excluding carboxylic acids is 1. The molecule has 4 nitrogen and oxygen atoms in total. The number of nitrogens with zero attached hydrogens (tertiary/aromatic N) is 3. The van der Waals surface area contributed by atoms with Crippen molar-refractivity contribution in [3.63, 3.8) is 0 Å². The van der Waals surface area contributed by atoms with Crippen LogP contribution in [0.15, 0.2) is 24.3 Å². The van der Waals surface area contributed by atoms with Crippen molar-refractivity contribution in [2.75, 3.05) is 31.1 Å². The lowest BCUT2D eigenvalue weighted by molar-refractivity contribution is 0.0741. The minimum absolute atomic E-state index is 0.0145. The highest BCUT2D eigenvalue weighted by atomic mass is 32.1. The van der Waals surface area contributed by atoms with Gasteiger partial charge in [-0.2, -0.15) is 0 Å². The molecule has 22 heavy (non-hydrogen) atoms. The highest BCUT2D eigenvalue weighted by Crippen LogP contribution is 2.21. The van der Waals surface area contributed by atoms with Crippen LogP contribution in [0.5, 0.6) is 0 Å². The Hall–Kier alpha value is -1.95. The van der Waals surface area contributed by atoms with Crippen LogP contribution in [-0.4, -0.2) is 42.0 Å². The SMILES string of the molecule is Cc1nc(C(=O)N2CCN(c3ccc(F)cc3)CC2)c(C)s1. The number of aryl methyl sites for hydroxylation is 2. The van der Waals surface area contributed by atoms with Gasteiger partial charge in [0.15, 0.2) is 0 Å². The van der Waals surface area contributed by atoms with Crippen molar-refractivity contribution in [2.45, 2.75) is 13.8 Å². The Balaban J connectivity index is 1.65. The Labute approximate surface area is 133 Å². The van der Waals surface area contributed by atoms with E-state index in [1.54, 1.807) is 23.5 Å². The van der Waals surface area contributed by atoms with E-state index in [4.69, 9.17) is 0 Å². The summed E-state index contributed by atoms with van der Waals surface area (Å²) in [6.45, 7) is 6.67. The standard InChI is InChI=1S/C16H18FN3OS/c1-11-15(18-12(2)22-11)16(21)20-9-7-19(8-10-20)14-5-3-13(17)4-6-14/h3-6H,7-10H2,1-2H3. The molecule has 0 N–H and O–H groups in total. The van der Waals surface area contributed by atoms with E-state index < -0.39 is 0 Å². The summed E-state index contributed by atoms with van der Waals surface area (Å²) in [5.74, 6) is -0.215. The smallest absolute Gasteiger partial charge is 0.273 e. The molecule has 0 saturated carbocycles. The van der Waals surface area contributed by atoms with Gasteiger partial charge in [-0.1, -0.05) is 0 Å². The molecule has 0 unspecified atom stereocenters. The summed E-state index contributed by atoms with van der Waals surface area (Å²) < 4.78 is 13.0. The van der Waals surface area contributed by atoms with E-state index in [-0.39, 0.29) is 11.7 Å². The highest BCUT2D eigenvalue weighted by Gasteiger charge is 2.25. The third-order valence-corrected chi connectivity index (χ3v) is 4.75. The van der Waals surface area contributed by atoms with E-state index >= 15 is 0 Å². The van der Waals surface area contributed by atoms with Crippen LogP contribution in [0.3, 0.4) is 0 Å². The molecule has 2 aromatic rings. The van der Waals surface area contributed by atoms with Gasteiger partial charge in [0.2, 0.25) is 0 Å². The number of benzene rings is 1. The van der Waals surface area contributed by atoms with Gasteiger partial charge in [0, 0.05) is 36.7 Å². The number of rotatable bonds is 2. The fourth-order valence-electron chi connectivity index (χ4n) is 2.70. The molecule has 2 heterocycles. The Morgan fingerprint density at radius 1 is 1.14 bits per heavy atom. The first-order chi connectivity index (χ1) is 10.5. The third kappa shape index (κ3) is 2.97. The Kier molecular flexibility index (Phi) is 4.11. The van der Waals surface area contributed by atoms with Crippen molar-refractivity contribution < 1.29 is 9.18 Å². The summed E-state index contributed by atoms with van der Waals surface area (Å²) in [5, 5.41) is 0.922. The first-order valence-electron chi connectivity index (χ1n) is 7.28. The maximum Gasteiger partial charge on any atom is 0.273 e. The van der Waals surface area contributed by atoms with Gasteiger partial charge in [-0.25, -0.2) is 9.37 Å². The topological polar surface area (TPSA) is 36.4 Å². The quantitative estimate of drug-likeness (QED) is 0.854. The predicted octanol–water partition coefficient (Wildman–Crippen LogP) is 2.86. The maximum atomic E-state index is 13.0. The molecule has 1 aliphatic heterocycles. The molecule has 1 amide bonds. The molecule has 0 atom stereocenters. The molecule has 1 fully saturated rings. The molecule has 3 rings (SSSR count). The van der Waals surface area contributed by atoms with Crippen LogP contribution in [0.25, 0.3) is 0 Å². The van der Waals surface area contributed by atoms with Gasteiger partial charge in [-0.05, 0) is 38.1 Å². The van der Waals surface area contributed by atoms with Gasteiger partial charge >= 0.3 is 0 Å². The molecule has 0 spiro atoms. The number of thiazole rings is 1. The van der Waals surface area contributed by atoms with Crippen molar-refractivity contribution in [2.24, 2.45) is 0 Å². The summed E-state index contributed by atoms with van der Waals surface area (Å²) in [6.07, 6.45) is 0. The molecule has 0 radical (unpaired) electrons. The van der Waals surface area contributed by atoms with Crippen molar-refractivity contribution in [1.29, 1.82) is 0 Å². The molecule has 1 aromatic heterocycles. The zero-order valence-electron chi connectivity index (χ0n) is 12.7. The summed E-state index contributed by atoms with van der Waals surface area (Å²) in [5.41, 5.74) is 1.58. The molecular weight excluding hydrogens is 301 g/mol. The first-order valence-corrected chi connectivity index (χ1v) is 8.10. The second kappa shape index (κ2) is 6.04. The normalized spacial score (nSPS) is 15.2. The third-order valence-electron chi connectivity index (χ3n) is 3.86. The molecular formula is C16H18FN3OS. The average Bonchev–Trinajstić information content (AvgIpc) is 2.86. The summed E-state index contributed by atoms with van der Waals surface area (Å²) in [4.78, 5) is 21.9. The number of piperazine rings is 1. The van der Waals surface area contributed by atoms with Crippen LogP contribution in [0.1, 0.15) is 20.4 Å². The van der Waals surface area contributed by atoms with E-state index in [0.29, 0.717) is 18.8 Å². The molecule has 1 aliphatic rings. The van der Waals surface area contributed by atoms with Crippen LogP contribution >= 0.6 is 11.3 Å². The monoisotopic (exact) mass is 319 g/mol. The van der Waals surface area contributed by atoms with Gasteiger partial charge in [-0.15, -0.1) is 11.3 Å². The van der Waals surface area contributed by atoms with Gasteiger partial charge in [0.25, 0.3) is 5.91 Å². The minimum Gasteiger partial charge on any atom is -0.368 e. The van der Waals surface area contributed by atoms with E-state index in [0.717, 1.165) is 28.7 Å². The van der Waals surface area contributed by atoms with Gasteiger partial charge < -0.3 is 9.80 Å². The number of anilines is 1. The zero-order chi connectivity index (χ0) is 15.7. The summed E-state index contributed by atoms with van der Waals surface area (Å²) >= 11 is 1.56. The van der Waals surface area contributed by atoms with Gasteiger partial charge in [-0.3, -0.25) is 4.79 Å². The molecule has 1 saturated heterocycles. The zero-order valence-corrected chi connectivity index (χ0v) is 13.5. The van der Waals surface area contributed by atoms with E-state index in [9.17, 15) is 9.18 Å². The van der Waals surface area contributed by atoms with Crippen LogP contribution in [0.4, 0.5) is 10.1 Å². The highest BCUT2D eigenvalue weighted by molar-refractivity contribution is 7.11. The minimum atomic E-state index is -0.230.